The summed E-state index contributed by atoms with van der Waals surface area (Å²) in [4.78, 5) is 12.8. The van der Waals surface area contributed by atoms with Gasteiger partial charge in [-0.05, 0) is 24.5 Å². The minimum atomic E-state index is -0.791. The molecule has 6 heteroatoms. The quantitative estimate of drug-likeness (QED) is 0.885. The minimum Gasteiger partial charge on any atom is -0.482 e. The number of aliphatic carboxylic acids is 1. The van der Waals surface area contributed by atoms with Crippen molar-refractivity contribution < 1.29 is 24.1 Å². The van der Waals surface area contributed by atoms with Crippen LogP contribution in [0.2, 0.25) is 0 Å². The number of carboxylic acid groups (broad SMARTS) is 1. The van der Waals surface area contributed by atoms with E-state index in [1.165, 1.54) is 0 Å². The summed E-state index contributed by atoms with van der Waals surface area (Å²) in [7, 11) is 0. The van der Waals surface area contributed by atoms with Gasteiger partial charge in [0.05, 0.1) is 6.54 Å². The van der Waals surface area contributed by atoms with Crippen LogP contribution in [0.25, 0.3) is 0 Å². The van der Waals surface area contributed by atoms with Crippen LogP contribution in [0.4, 0.5) is 0 Å². The fourth-order valence-electron chi connectivity index (χ4n) is 3.47. The van der Waals surface area contributed by atoms with Crippen LogP contribution >= 0.6 is 0 Å². The largest absolute Gasteiger partial charge is 0.482 e. The highest BCUT2D eigenvalue weighted by Crippen LogP contribution is 2.49. The van der Waals surface area contributed by atoms with Gasteiger partial charge in [0, 0.05) is 19.5 Å². The second-order valence-electron chi connectivity index (χ2n) is 5.93. The smallest absolute Gasteiger partial charge is 0.317 e. The molecule has 0 radical (unpaired) electrons. The average molecular weight is 291 g/mol. The molecule has 0 amide bonds. The molecular formula is C15H17NO5. The number of benzene rings is 1. The van der Waals surface area contributed by atoms with Gasteiger partial charge in [-0.1, -0.05) is 6.07 Å². The number of carbonyl (C=O) groups is 1. The molecule has 3 aliphatic heterocycles. The first kappa shape index (κ1) is 12.8. The first-order chi connectivity index (χ1) is 10.2. The van der Waals surface area contributed by atoms with Gasteiger partial charge >= 0.3 is 5.97 Å². The van der Waals surface area contributed by atoms with Crippen molar-refractivity contribution in [1.29, 1.82) is 0 Å². The van der Waals surface area contributed by atoms with Gasteiger partial charge in [0.25, 0.3) is 0 Å². The van der Waals surface area contributed by atoms with Gasteiger partial charge in [0.2, 0.25) is 12.5 Å². The Morgan fingerprint density at radius 3 is 3.05 bits per heavy atom. The predicted octanol–water partition coefficient (Wildman–Crippen LogP) is 1.27. The highest BCUT2D eigenvalue weighted by molar-refractivity contribution is 5.69. The Balaban J connectivity index is 1.59. The zero-order valence-corrected chi connectivity index (χ0v) is 11.6. The van der Waals surface area contributed by atoms with Crippen molar-refractivity contribution in [2.45, 2.75) is 24.9 Å². The average Bonchev–Trinajstić information content (AvgIpc) is 3.06. The van der Waals surface area contributed by atoms with Crippen LogP contribution in [0.5, 0.6) is 17.2 Å². The fraction of sp³-hybridized carbons (Fsp3) is 0.533. The number of ether oxygens (including phenoxy) is 3. The van der Waals surface area contributed by atoms with E-state index in [2.05, 4.69) is 0 Å². The molecule has 1 aromatic carbocycles. The first-order valence-electron chi connectivity index (χ1n) is 7.20. The van der Waals surface area contributed by atoms with Crippen LogP contribution in [0.1, 0.15) is 18.4 Å². The number of aryl methyl sites for hydroxylation is 1. The van der Waals surface area contributed by atoms with E-state index < -0.39 is 5.97 Å². The van der Waals surface area contributed by atoms with Crippen molar-refractivity contribution in [3.05, 3.63) is 17.7 Å². The monoisotopic (exact) mass is 291 g/mol. The Kier molecular flexibility index (Phi) is 2.75. The standard InChI is InChI=1S/C15H17NO5/c17-12(18)7-16-6-5-15(8-16)4-3-10-1-2-11-14(13(10)21-15)20-9-19-11/h1-2H,3-9H2,(H,17,18). The number of nitrogens with zero attached hydrogens (tertiary/aromatic N) is 1. The lowest BCUT2D eigenvalue weighted by molar-refractivity contribution is -0.138. The second-order valence-corrected chi connectivity index (χ2v) is 5.93. The molecule has 21 heavy (non-hydrogen) atoms. The number of hydrogen-bond donors (Lipinski definition) is 1. The molecule has 0 aromatic heterocycles. The Labute approximate surface area is 122 Å². The molecule has 1 saturated heterocycles. The summed E-state index contributed by atoms with van der Waals surface area (Å²) in [5, 5.41) is 8.93. The van der Waals surface area contributed by atoms with Gasteiger partial charge in [-0.25, -0.2) is 0 Å². The third-order valence-corrected chi connectivity index (χ3v) is 4.50. The van der Waals surface area contributed by atoms with Crippen molar-refractivity contribution in [3.8, 4) is 17.2 Å². The topological polar surface area (TPSA) is 68.2 Å². The van der Waals surface area contributed by atoms with Gasteiger partial charge in [-0.15, -0.1) is 0 Å². The van der Waals surface area contributed by atoms with Crippen molar-refractivity contribution in [2.75, 3.05) is 26.4 Å². The number of carboxylic acids is 1. The molecule has 3 heterocycles. The zero-order chi connectivity index (χ0) is 14.4. The van der Waals surface area contributed by atoms with E-state index in [0.29, 0.717) is 12.3 Å². The summed E-state index contributed by atoms with van der Waals surface area (Å²) in [6, 6.07) is 3.95. The maximum atomic E-state index is 10.9. The Morgan fingerprint density at radius 2 is 2.19 bits per heavy atom. The van der Waals surface area contributed by atoms with Crippen LogP contribution in [0.15, 0.2) is 12.1 Å². The van der Waals surface area contributed by atoms with Crippen LogP contribution in [0.3, 0.4) is 0 Å². The Bertz CT molecular complexity index is 602. The number of hydrogen-bond acceptors (Lipinski definition) is 5. The third kappa shape index (κ3) is 2.10. The number of likely N-dealkylation sites (tertiary alicyclic amines) is 1. The maximum Gasteiger partial charge on any atom is 0.317 e. The van der Waals surface area contributed by atoms with Gasteiger partial charge in [0.1, 0.15) is 5.60 Å². The third-order valence-electron chi connectivity index (χ3n) is 4.50. The Morgan fingerprint density at radius 1 is 1.29 bits per heavy atom. The summed E-state index contributed by atoms with van der Waals surface area (Å²) in [6.07, 6.45) is 2.69. The van der Waals surface area contributed by atoms with Crippen molar-refractivity contribution >= 4 is 5.97 Å². The van der Waals surface area contributed by atoms with E-state index >= 15 is 0 Å². The molecule has 6 nitrogen and oxygen atoms in total. The molecule has 3 aliphatic rings. The van der Waals surface area contributed by atoms with Crippen LogP contribution < -0.4 is 14.2 Å². The fourth-order valence-corrected chi connectivity index (χ4v) is 3.47. The zero-order valence-electron chi connectivity index (χ0n) is 11.6. The van der Waals surface area contributed by atoms with Crippen molar-refractivity contribution in [2.24, 2.45) is 0 Å². The molecule has 1 aromatic rings. The minimum absolute atomic E-state index is 0.0739. The van der Waals surface area contributed by atoms with E-state index in [9.17, 15) is 4.79 Å². The van der Waals surface area contributed by atoms with Gasteiger partial charge < -0.3 is 19.3 Å². The molecule has 1 unspecified atom stereocenters. The van der Waals surface area contributed by atoms with E-state index in [4.69, 9.17) is 19.3 Å². The van der Waals surface area contributed by atoms with Crippen LogP contribution in [-0.2, 0) is 11.2 Å². The normalized spacial score (nSPS) is 26.7. The molecule has 0 saturated carbocycles. The van der Waals surface area contributed by atoms with Gasteiger partial charge in [0.15, 0.2) is 11.5 Å². The maximum absolute atomic E-state index is 10.9. The van der Waals surface area contributed by atoms with E-state index in [1.54, 1.807) is 0 Å². The molecule has 1 spiro atoms. The molecule has 1 atom stereocenters. The molecule has 4 rings (SSSR count). The highest BCUT2D eigenvalue weighted by atomic mass is 16.7. The van der Waals surface area contributed by atoms with Crippen LogP contribution in [0, 0.1) is 0 Å². The van der Waals surface area contributed by atoms with E-state index in [1.807, 2.05) is 17.0 Å². The van der Waals surface area contributed by atoms with Gasteiger partial charge in [-0.3, -0.25) is 9.69 Å². The number of rotatable bonds is 2. The van der Waals surface area contributed by atoms with Crippen molar-refractivity contribution in [3.63, 3.8) is 0 Å². The van der Waals surface area contributed by atoms with Crippen molar-refractivity contribution in [1.82, 2.24) is 4.90 Å². The number of fused-ring (bicyclic) bond motifs is 3. The first-order valence-corrected chi connectivity index (χ1v) is 7.20. The molecular weight excluding hydrogens is 274 g/mol. The lowest BCUT2D eigenvalue weighted by Crippen LogP contribution is -2.43. The van der Waals surface area contributed by atoms with Gasteiger partial charge in [-0.2, -0.15) is 0 Å². The van der Waals surface area contributed by atoms with Crippen LogP contribution in [-0.4, -0.2) is 48.0 Å². The molecule has 1 fully saturated rings. The predicted molar refractivity (Wildman–Crippen MR) is 72.9 cm³/mol. The molecule has 1 N–H and O–H groups in total. The summed E-state index contributed by atoms with van der Waals surface area (Å²) in [5.74, 6) is 1.42. The van der Waals surface area contributed by atoms with E-state index in [-0.39, 0.29) is 18.9 Å². The highest BCUT2D eigenvalue weighted by Gasteiger charge is 2.44. The second kappa shape index (κ2) is 4.53. The molecule has 0 bridgehead atoms. The lowest BCUT2D eigenvalue weighted by atomic mass is 9.90. The summed E-state index contributed by atoms with van der Waals surface area (Å²) >= 11 is 0. The summed E-state index contributed by atoms with van der Waals surface area (Å²) < 4.78 is 17.2. The lowest BCUT2D eigenvalue weighted by Gasteiger charge is -2.36. The SMILES string of the molecule is O=C(O)CN1CCC2(CCc3ccc4c(c3O2)OCO4)C1. The summed E-state index contributed by atoms with van der Waals surface area (Å²) in [5.41, 5.74) is 0.852. The molecule has 0 aliphatic carbocycles. The van der Waals surface area contributed by atoms with E-state index in [0.717, 1.165) is 42.9 Å². The summed E-state index contributed by atoms with van der Waals surface area (Å²) in [6.45, 7) is 1.72. The Hall–Kier alpha value is -1.95. The molecule has 112 valence electrons.